The summed E-state index contributed by atoms with van der Waals surface area (Å²) in [5, 5.41) is 3.43. The van der Waals surface area contributed by atoms with Crippen LogP contribution in [0.3, 0.4) is 0 Å². The van der Waals surface area contributed by atoms with Crippen molar-refractivity contribution in [2.75, 3.05) is 23.3 Å². The van der Waals surface area contributed by atoms with Crippen molar-refractivity contribution in [3.8, 4) is 0 Å². The molecule has 1 aliphatic rings. The van der Waals surface area contributed by atoms with E-state index in [1.54, 1.807) is 36.7 Å². The van der Waals surface area contributed by atoms with Gasteiger partial charge in [0.15, 0.2) is 5.13 Å². The van der Waals surface area contributed by atoms with E-state index < -0.39 is 0 Å². The van der Waals surface area contributed by atoms with Crippen molar-refractivity contribution in [2.45, 2.75) is 19.3 Å². The molecule has 0 bridgehead atoms. The molecule has 0 radical (unpaired) electrons. The second-order valence-electron chi connectivity index (χ2n) is 6.46. The number of halogens is 1. The fraction of sp³-hybridized carbons (Fsp3) is 0.250. The van der Waals surface area contributed by atoms with Gasteiger partial charge in [0.1, 0.15) is 11.6 Å². The van der Waals surface area contributed by atoms with Crippen LogP contribution in [0.25, 0.3) is 0 Å². The van der Waals surface area contributed by atoms with Crippen molar-refractivity contribution < 1.29 is 9.18 Å². The molecule has 3 heterocycles. The number of amides is 1. The molecule has 7 heteroatoms. The van der Waals surface area contributed by atoms with Gasteiger partial charge in [-0.15, -0.1) is 11.3 Å². The van der Waals surface area contributed by atoms with E-state index in [0.29, 0.717) is 17.1 Å². The number of thiazole rings is 1. The molecule has 0 atom stereocenters. The Bertz CT molecular complexity index is 935. The molecule has 1 fully saturated rings. The summed E-state index contributed by atoms with van der Waals surface area (Å²) in [6.07, 6.45) is 6.36. The van der Waals surface area contributed by atoms with Crippen LogP contribution >= 0.6 is 11.3 Å². The van der Waals surface area contributed by atoms with Gasteiger partial charge in [-0.2, -0.15) is 0 Å². The maximum absolute atomic E-state index is 13.0. The molecule has 1 aromatic carbocycles. The average Bonchev–Trinajstić information content (AvgIpc) is 3.36. The number of pyridine rings is 1. The number of carbonyl (C=O) groups is 1. The zero-order valence-corrected chi connectivity index (χ0v) is 15.5. The Morgan fingerprint density at radius 3 is 2.70 bits per heavy atom. The van der Waals surface area contributed by atoms with Crippen molar-refractivity contribution in [2.24, 2.45) is 0 Å². The van der Waals surface area contributed by atoms with Gasteiger partial charge in [-0.1, -0.05) is 12.1 Å². The lowest BCUT2D eigenvalue weighted by molar-refractivity contribution is 0.102. The first-order valence-corrected chi connectivity index (χ1v) is 9.71. The number of nitrogens with zero attached hydrogens (tertiary/aromatic N) is 3. The molecule has 1 amide bonds. The first kappa shape index (κ1) is 17.6. The van der Waals surface area contributed by atoms with Gasteiger partial charge in [-0.3, -0.25) is 10.1 Å². The highest BCUT2D eigenvalue weighted by Crippen LogP contribution is 2.25. The summed E-state index contributed by atoms with van der Waals surface area (Å²) in [4.78, 5) is 24.6. The number of hydrogen-bond donors (Lipinski definition) is 1. The topological polar surface area (TPSA) is 58.1 Å². The Kier molecular flexibility index (Phi) is 5.11. The normalized spacial score (nSPS) is 13.7. The Balaban J connectivity index is 1.46. The van der Waals surface area contributed by atoms with Crippen LogP contribution in [0.1, 0.15) is 33.6 Å². The van der Waals surface area contributed by atoms with Crippen molar-refractivity contribution in [1.29, 1.82) is 0 Å². The Hall–Kier alpha value is -2.80. The van der Waals surface area contributed by atoms with Crippen LogP contribution in [0, 0.1) is 5.82 Å². The van der Waals surface area contributed by atoms with Gasteiger partial charge >= 0.3 is 0 Å². The molecule has 3 aromatic rings. The lowest BCUT2D eigenvalue weighted by Gasteiger charge is -2.19. The number of nitrogens with one attached hydrogen (secondary N) is 1. The summed E-state index contributed by atoms with van der Waals surface area (Å²) in [5.74, 6) is 0.282. The van der Waals surface area contributed by atoms with Gasteiger partial charge in [0.2, 0.25) is 0 Å². The van der Waals surface area contributed by atoms with E-state index in [2.05, 4.69) is 20.2 Å². The largest absolute Gasteiger partial charge is 0.356 e. The van der Waals surface area contributed by atoms with Crippen LogP contribution in [-0.4, -0.2) is 29.0 Å². The number of anilines is 2. The van der Waals surface area contributed by atoms with Crippen LogP contribution in [0.2, 0.25) is 0 Å². The average molecular weight is 382 g/mol. The summed E-state index contributed by atoms with van der Waals surface area (Å²) in [6.45, 7) is 1.85. The maximum atomic E-state index is 13.0. The van der Waals surface area contributed by atoms with Gasteiger partial charge in [0.25, 0.3) is 5.91 Å². The molecule has 1 N–H and O–H groups in total. The van der Waals surface area contributed by atoms with Crippen LogP contribution in [0.4, 0.5) is 15.3 Å². The SMILES string of the molecule is O=C(Nc1ncc(Cc2ccc(F)cc2)s1)c1cccnc1N1CCCC1. The molecule has 27 heavy (non-hydrogen) atoms. The van der Waals surface area contributed by atoms with Crippen LogP contribution in [0.5, 0.6) is 0 Å². The van der Waals surface area contributed by atoms with E-state index >= 15 is 0 Å². The van der Waals surface area contributed by atoms with Crippen LogP contribution in [-0.2, 0) is 6.42 Å². The van der Waals surface area contributed by atoms with Gasteiger partial charge in [-0.05, 0) is 42.7 Å². The molecular formula is C20H19FN4OS. The first-order valence-electron chi connectivity index (χ1n) is 8.89. The molecule has 1 saturated heterocycles. The number of hydrogen-bond acceptors (Lipinski definition) is 5. The molecule has 5 nitrogen and oxygen atoms in total. The molecule has 138 valence electrons. The van der Waals surface area contributed by atoms with Crippen molar-refractivity contribution in [3.05, 3.63) is 70.6 Å². The monoisotopic (exact) mass is 382 g/mol. The van der Waals surface area contributed by atoms with Crippen molar-refractivity contribution >= 4 is 28.2 Å². The third kappa shape index (κ3) is 4.14. The van der Waals surface area contributed by atoms with Crippen molar-refractivity contribution in [3.63, 3.8) is 0 Å². The zero-order chi connectivity index (χ0) is 18.6. The Morgan fingerprint density at radius 1 is 1.15 bits per heavy atom. The van der Waals surface area contributed by atoms with Gasteiger partial charge in [0, 0.05) is 36.8 Å². The predicted octanol–water partition coefficient (Wildman–Crippen LogP) is 4.12. The molecule has 0 spiro atoms. The first-order chi connectivity index (χ1) is 13.2. The number of benzene rings is 1. The van der Waals surface area contributed by atoms with Gasteiger partial charge in [-0.25, -0.2) is 14.4 Å². The van der Waals surface area contributed by atoms with E-state index in [4.69, 9.17) is 0 Å². The van der Waals surface area contributed by atoms with E-state index in [-0.39, 0.29) is 11.7 Å². The minimum absolute atomic E-state index is 0.201. The minimum atomic E-state index is -0.249. The third-order valence-electron chi connectivity index (χ3n) is 4.50. The molecule has 2 aromatic heterocycles. The number of carbonyl (C=O) groups excluding carboxylic acids is 1. The van der Waals surface area contributed by atoms with Crippen LogP contribution in [0.15, 0.2) is 48.8 Å². The van der Waals surface area contributed by atoms with Gasteiger partial charge < -0.3 is 4.90 Å². The lowest BCUT2D eigenvalue weighted by Crippen LogP contribution is -2.24. The highest BCUT2D eigenvalue weighted by molar-refractivity contribution is 7.15. The summed E-state index contributed by atoms with van der Waals surface area (Å²) in [7, 11) is 0. The second kappa shape index (κ2) is 7.84. The Labute approximate surface area is 160 Å². The summed E-state index contributed by atoms with van der Waals surface area (Å²) >= 11 is 1.42. The maximum Gasteiger partial charge on any atom is 0.261 e. The van der Waals surface area contributed by atoms with Crippen molar-refractivity contribution in [1.82, 2.24) is 9.97 Å². The third-order valence-corrected chi connectivity index (χ3v) is 5.42. The van der Waals surface area contributed by atoms with E-state index in [9.17, 15) is 9.18 Å². The highest BCUT2D eigenvalue weighted by atomic mass is 32.1. The Morgan fingerprint density at radius 2 is 1.93 bits per heavy atom. The smallest absolute Gasteiger partial charge is 0.261 e. The quantitative estimate of drug-likeness (QED) is 0.721. The molecule has 1 aliphatic heterocycles. The minimum Gasteiger partial charge on any atom is -0.356 e. The predicted molar refractivity (Wildman–Crippen MR) is 105 cm³/mol. The fourth-order valence-corrected chi connectivity index (χ4v) is 4.01. The molecular weight excluding hydrogens is 363 g/mol. The van der Waals surface area contributed by atoms with Crippen LogP contribution < -0.4 is 10.2 Å². The zero-order valence-electron chi connectivity index (χ0n) is 14.7. The lowest BCUT2D eigenvalue weighted by atomic mass is 10.1. The molecule has 0 unspecified atom stereocenters. The van der Waals surface area contributed by atoms with E-state index in [0.717, 1.165) is 42.2 Å². The number of rotatable bonds is 5. The second-order valence-corrected chi connectivity index (χ2v) is 7.57. The molecule has 0 aliphatic carbocycles. The molecule has 0 saturated carbocycles. The standard InChI is InChI=1S/C20H19FN4OS/c21-15-7-5-14(6-8-15)12-16-13-23-20(27-16)24-19(26)17-4-3-9-22-18(17)25-10-1-2-11-25/h3-9,13H,1-2,10-12H2,(H,23,24,26). The van der Waals surface area contributed by atoms with E-state index in [1.807, 2.05) is 0 Å². The number of aromatic nitrogens is 2. The summed E-state index contributed by atoms with van der Waals surface area (Å²) in [5.41, 5.74) is 1.57. The summed E-state index contributed by atoms with van der Waals surface area (Å²) in [6, 6.07) is 9.97. The van der Waals surface area contributed by atoms with Gasteiger partial charge in [0.05, 0.1) is 5.56 Å². The highest BCUT2D eigenvalue weighted by Gasteiger charge is 2.21. The summed E-state index contributed by atoms with van der Waals surface area (Å²) < 4.78 is 13.0. The van der Waals surface area contributed by atoms with E-state index in [1.165, 1.54) is 23.5 Å². The molecule has 4 rings (SSSR count). The fourth-order valence-electron chi connectivity index (χ4n) is 3.17.